The van der Waals surface area contributed by atoms with E-state index in [4.69, 9.17) is 14.5 Å². The first-order chi connectivity index (χ1) is 9.71. The first-order valence-corrected chi connectivity index (χ1v) is 7.50. The van der Waals surface area contributed by atoms with Gasteiger partial charge in [0.25, 0.3) is 0 Å². The number of methoxy groups -OCH3 is 2. The van der Waals surface area contributed by atoms with Gasteiger partial charge in [0.1, 0.15) is 0 Å². The third kappa shape index (κ3) is 1.97. The van der Waals surface area contributed by atoms with Crippen molar-refractivity contribution in [2.75, 3.05) is 27.8 Å². The molecule has 3 rings (SSSR count). The summed E-state index contributed by atoms with van der Waals surface area (Å²) in [5.74, 6) is 1.51. The third-order valence-corrected chi connectivity index (χ3v) is 5.21. The summed E-state index contributed by atoms with van der Waals surface area (Å²) in [7, 11) is 5.60. The Bertz CT molecular complexity index is 487. The summed E-state index contributed by atoms with van der Waals surface area (Å²) in [6.07, 6.45) is 8.19. The molecule has 0 unspecified atom stereocenters. The maximum atomic E-state index is 5.46. The molecule has 2 atom stereocenters. The van der Waals surface area contributed by atoms with Crippen LogP contribution in [0.4, 0.5) is 0 Å². The fraction of sp³-hybridized carbons (Fsp3) is 0.688. The van der Waals surface area contributed by atoms with Gasteiger partial charge in [-0.2, -0.15) is 0 Å². The molecule has 1 aromatic heterocycles. The number of rotatable bonds is 3. The van der Waals surface area contributed by atoms with Crippen molar-refractivity contribution in [3.8, 4) is 11.5 Å². The molecule has 110 valence electrons. The van der Waals surface area contributed by atoms with Crippen LogP contribution < -0.4 is 9.47 Å². The topological polar surface area (TPSA) is 34.6 Å². The summed E-state index contributed by atoms with van der Waals surface area (Å²) < 4.78 is 10.8. The highest BCUT2D eigenvalue weighted by Gasteiger charge is 2.49. The van der Waals surface area contributed by atoms with Crippen LogP contribution in [0.1, 0.15) is 37.8 Å². The lowest BCUT2D eigenvalue weighted by Crippen LogP contribution is -2.44. The number of hydrogen-bond acceptors (Lipinski definition) is 4. The average Bonchev–Trinajstić information content (AvgIpc) is 2.85. The Morgan fingerprint density at radius 3 is 2.75 bits per heavy atom. The summed E-state index contributed by atoms with van der Waals surface area (Å²) in [5, 5.41) is 0. The Labute approximate surface area is 121 Å². The van der Waals surface area contributed by atoms with E-state index in [2.05, 4.69) is 18.0 Å². The van der Waals surface area contributed by atoms with E-state index in [1.165, 1.54) is 44.3 Å². The normalized spacial score (nSPS) is 30.1. The Kier molecular flexibility index (Phi) is 3.59. The predicted octanol–water partition coefficient (Wildman–Crippen LogP) is 2.61. The second kappa shape index (κ2) is 5.24. The molecule has 0 N–H and O–H groups in total. The van der Waals surface area contributed by atoms with Crippen LogP contribution >= 0.6 is 0 Å². The molecular weight excluding hydrogens is 252 g/mol. The maximum absolute atomic E-state index is 5.46. The molecule has 20 heavy (non-hydrogen) atoms. The van der Waals surface area contributed by atoms with Crippen molar-refractivity contribution < 1.29 is 9.47 Å². The number of fused-ring (bicyclic) bond motifs is 1. The number of hydrogen-bond donors (Lipinski definition) is 0. The van der Waals surface area contributed by atoms with Crippen LogP contribution in [0.2, 0.25) is 0 Å². The smallest absolute Gasteiger partial charge is 0.179 e. The minimum absolute atomic E-state index is 0.215. The Morgan fingerprint density at radius 1 is 1.20 bits per heavy atom. The summed E-state index contributed by atoms with van der Waals surface area (Å²) >= 11 is 0. The number of ether oxygens (including phenoxy) is 2. The van der Waals surface area contributed by atoms with Crippen molar-refractivity contribution in [3.05, 3.63) is 18.0 Å². The second-order valence-corrected chi connectivity index (χ2v) is 6.07. The minimum Gasteiger partial charge on any atom is -0.493 e. The van der Waals surface area contributed by atoms with Gasteiger partial charge in [0.15, 0.2) is 11.5 Å². The lowest BCUT2D eigenvalue weighted by atomic mass is 9.68. The van der Waals surface area contributed by atoms with E-state index in [0.717, 1.165) is 5.75 Å². The number of aromatic nitrogens is 1. The standard InChI is InChI=1S/C16H24N2O2/c1-18-9-8-16(7-5-4-6-15(16)18)14-10-12(19-2)13(20-3)11-17-14/h10-11,15H,4-9H2,1-3H3/t15-,16-/m0/s1. The second-order valence-electron chi connectivity index (χ2n) is 6.07. The number of likely N-dealkylation sites (tertiary alicyclic amines) is 1. The molecule has 0 amide bonds. The summed E-state index contributed by atoms with van der Waals surface area (Å²) in [5.41, 5.74) is 1.40. The van der Waals surface area contributed by atoms with Gasteiger partial charge in [-0.3, -0.25) is 4.98 Å². The molecule has 1 aliphatic carbocycles. The van der Waals surface area contributed by atoms with Crippen LogP contribution in [0.25, 0.3) is 0 Å². The fourth-order valence-electron chi connectivity index (χ4n) is 4.12. The van der Waals surface area contributed by atoms with Crippen molar-refractivity contribution in [3.63, 3.8) is 0 Å². The lowest BCUT2D eigenvalue weighted by molar-refractivity contribution is 0.178. The van der Waals surface area contributed by atoms with Crippen molar-refractivity contribution in [1.82, 2.24) is 9.88 Å². The monoisotopic (exact) mass is 276 g/mol. The maximum Gasteiger partial charge on any atom is 0.179 e. The Morgan fingerprint density at radius 2 is 2.00 bits per heavy atom. The van der Waals surface area contributed by atoms with Crippen LogP contribution in [-0.4, -0.2) is 43.7 Å². The largest absolute Gasteiger partial charge is 0.493 e. The van der Waals surface area contributed by atoms with Gasteiger partial charge in [-0.25, -0.2) is 0 Å². The van der Waals surface area contributed by atoms with Gasteiger partial charge in [-0.05, 0) is 32.9 Å². The van der Waals surface area contributed by atoms with Gasteiger partial charge >= 0.3 is 0 Å². The van der Waals surface area contributed by atoms with E-state index >= 15 is 0 Å². The van der Waals surface area contributed by atoms with E-state index in [1.54, 1.807) is 14.2 Å². The number of pyridine rings is 1. The highest BCUT2D eigenvalue weighted by molar-refractivity contribution is 5.42. The van der Waals surface area contributed by atoms with Gasteiger partial charge in [0.2, 0.25) is 0 Å². The SMILES string of the molecule is COc1cnc([C@@]23CCCC[C@@H]2N(C)CC3)cc1OC. The van der Waals surface area contributed by atoms with Crippen LogP contribution in [0.5, 0.6) is 11.5 Å². The third-order valence-electron chi connectivity index (χ3n) is 5.21. The number of likely N-dealkylation sites (N-methyl/N-ethyl adjacent to an activating group) is 1. The quantitative estimate of drug-likeness (QED) is 0.850. The zero-order chi connectivity index (χ0) is 14.2. The van der Waals surface area contributed by atoms with Crippen LogP contribution in [0, 0.1) is 0 Å². The van der Waals surface area contributed by atoms with Crippen LogP contribution in [0.15, 0.2) is 12.3 Å². The molecule has 2 aliphatic rings. The molecule has 1 saturated carbocycles. The van der Waals surface area contributed by atoms with E-state index in [9.17, 15) is 0 Å². The van der Waals surface area contributed by atoms with Crippen molar-refractivity contribution in [2.45, 2.75) is 43.6 Å². The molecular formula is C16H24N2O2. The predicted molar refractivity (Wildman–Crippen MR) is 78.5 cm³/mol. The molecule has 2 fully saturated rings. The van der Waals surface area contributed by atoms with E-state index in [0.29, 0.717) is 11.8 Å². The van der Waals surface area contributed by atoms with Gasteiger partial charge in [0.05, 0.1) is 26.1 Å². The molecule has 1 saturated heterocycles. The van der Waals surface area contributed by atoms with E-state index in [1.807, 2.05) is 6.20 Å². The van der Waals surface area contributed by atoms with E-state index in [-0.39, 0.29) is 5.41 Å². The zero-order valence-electron chi connectivity index (χ0n) is 12.7. The van der Waals surface area contributed by atoms with Crippen LogP contribution in [-0.2, 0) is 5.41 Å². The van der Waals surface area contributed by atoms with Gasteiger partial charge in [-0.1, -0.05) is 12.8 Å². The fourth-order valence-corrected chi connectivity index (χ4v) is 4.12. The molecule has 4 nitrogen and oxygen atoms in total. The van der Waals surface area contributed by atoms with Crippen molar-refractivity contribution in [2.24, 2.45) is 0 Å². The zero-order valence-corrected chi connectivity index (χ0v) is 12.7. The molecule has 0 bridgehead atoms. The minimum atomic E-state index is 0.215. The average molecular weight is 276 g/mol. The highest BCUT2D eigenvalue weighted by Crippen LogP contribution is 2.48. The molecule has 0 radical (unpaired) electrons. The summed E-state index contributed by atoms with van der Waals surface area (Å²) in [6.45, 7) is 1.17. The first kappa shape index (κ1) is 13.7. The first-order valence-electron chi connectivity index (χ1n) is 7.50. The van der Waals surface area contributed by atoms with Gasteiger partial charge in [-0.15, -0.1) is 0 Å². The van der Waals surface area contributed by atoms with Crippen molar-refractivity contribution >= 4 is 0 Å². The molecule has 4 heteroatoms. The Hall–Kier alpha value is -1.29. The Balaban J connectivity index is 2.02. The molecule has 1 aromatic rings. The van der Waals surface area contributed by atoms with Crippen LogP contribution in [0.3, 0.4) is 0 Å². The lowest BCUT2D eigenvalue weighted by Gasteiger charge is -2.40. The molecule has 2 heterocycles. The van der Waals surface area contributed by atoms with E-state index < -0.39 is 0 Å². The molecule has 0 aromatic carbocycles. The summed E-state index contributed by atoms with van der Waals surface area (Å²) in [4.78, 5) is 7.23. The van der Waals surface area contributed by atoms with Gasteiger partial charge in [0, 0.05) is 17.5 Å². The highest BCUT2D eigenvalue weighted by atomic mass is 16.5. The summed E-state index contributed by atoms with van der Waals surface area (Å²) in [6, 6.07) is 2.72. The van der Waals surface area contributed by atoms with Crippen molar-refractivity contribution in [1.29, 1.82) is 0 Å². The molecule has 1 aliphatic heterocycles. The number of nitrogens with zero attached hydrogens (tertiary/aromatic N) is 2. The molecule has 0 spiro atoms. The van der Waals surface area contributed by atoms with Gasteiger partial charge < -0.3 is 14.4 Å².